The van der Waals surface area contributed by atoms with Gasteiger partial charge in [-0.25, -0.2) is 4.98 Å². The summed E-state index contributed by atoms with van der Waals surface area (Å²) in [5.41, 5.74) is 1.47. The van der Waals surface area contributed by atoms with E-state index in [0.717, 1.165) is 23.1 Å². The van der Waals surface area contributed by atoms with E-state index in [1.165, 1.54) is 23.1 Å². The lowest BCUT2D eigenvalue weighted by Gasteiger charge is -2.26. The summed E-state index contributed by atoms with van der Waals surface area (Å²) in [5, 5.41) is 5.36. The molecule has 0 aliphatic rings. The number of carbonyl (C=O) groups excluding carboxylic acids is 2. The molecule has 158 valence electrons. The molecule has 1 aromatic carbocycles. The molecule has 0 atom stereocenters. The number of hydrogen-bond donors (Lipinski definition) is 1. The molecule has 0 unspecified atom stereocenters. The molecule has 0 bridgehead atoms. The normalized spacial score (nSPS) is 11.1. The molecule has 0 aliphatic heterocycles. The molecule has 29 heavy (non-hydrogen) atoms. The zero-order valence-electron chi connectivity index (χ0n) is 17.3. The van der Waals surface area contributed by atoms with Gasteiger partial charge in [0.1, 0.15) is 0 Å². The fourth-order valence-electron chi connectivity index (χ4n) is 2.72. The maximum atomic E-state index is 12.7. The monoisotopic (exact) mass is 453 g/mol. The summed E-state index contributed by atoms with van der Waals surface area (Å²) in [7, 11) is 0. The third-order valence-electron chi connectivity index (χ3n) is 3.84. The van der Waals surface area contributed by atoms with Gasteiger partial charge in [0.2, 0.25) is 11.8 Å². The van der Waals surface area contributed by atoms with Crippen molar-refractivity contribution in [2.45, 2.75) is 38.5 Å². The zero-order chi connectivity index (χ0) is 21.4. The molecule has 1 N–H and O–H groups in total. The summed E-state index contributed by atoms with van der Waals surface area (Å²) < 4.78 is 0.790. The molecule has 0 saturated heterocycles. The van der Waals surface area contributed by atoms with Crippen LogP contribution < -0.4 is 5.32 Å². The number of nitrogens with one attached hydrogen (secondary N) is 1. The van der Waals surface area contributed by atoms with E-state index >= 15 is 0 Å². The molecule has 0 radical (unpaired) electrons. The van der Waals surface area contributed by atoms with Crippen molar-refractivity contribution in [2.24, 2.45) is 11.8 Å². The minimum Gasteiger partial charge on any atom is -0.342 e. The predicted octanol–water partition coefficient (Wildman–Crippen LogP) is 5.21. The summed E-state index contributed by atoms with van der Waals surface area (Å²) in [6.07, 6.45) is 0.299. The van der Waals surface area contributed by atoms with Crippen LogP contribution in [0.25, 0.3) is 0 Å². The van der Waals surface area contributed by atoms with Crippen LogP contribution in [0.1, 0.15) is 33.4 Å². The fraction of sp³-hybridized carbons (Fsp3) is 0.476. The Balaban J connectivity index is 1.85. The minimum atomic E-state index is -0.106. The number of hydrogen-bond acceptors (Lipinski definition) is 5. The lowest BCUT2D eigenvalue weighted by Crippen LogP contribution is -2.38. The summed E-state index contributed by atoms with van der Waals surface area (Å²) >= 11 is 8.68. The summed E-state index contributed by atoms with van der Waals surface area (Å²) in [6, 6.07) is 6.99. The van der Waals surface area contributed by atoms with Gasteiger partial charge >= 0.3 is 0 Å². The second-order valence-electron chi connectivity index (χ2n) is 7.71. The molecule has 8 heteroatoms. The predicted molar refractivity (Wildman–Crippen MR) is 123 cm³/mol. The highest BCUT2D eigenvalue weighted by atomic mass is 35.5. The second-order valence-corrected chi connectivity index (χ2v) is 10.2. The lowest BCUT2D eigenvalue weighted by atomic mass is 10.1. The molecule has 0 saturated carbocycles. The van der Waals surface area contributed by atoms with Gasteiger partial charge in [-0.3, -0.25) is 9.59 Å². The highest BCUT2D eigenvalue weighted by Gasteiger charge is 2.18. The van der Waals surface area contributed by atoms with E-state index in [4.69, 9.17) is 11.6 Å². The van der Waals surface area contributed by atoms with Crippen LogP contribution in [0.3, 0.4) is 0 Å². The number of benzene rings is 1. The van der Waals surface area contributed by atoms with E-state index in [-0.39, 0.29) is 17.6 Å². The van der Waals surface area contributed by atoms with Crippen LogP contribution in [-0.4, -0.2) is 40.5 Å². The molecule has 0 fully saturated rings. The van der Waals surface area contributed by atoms with E-state index in [2.05, 4.69) is 38.0 Å². The van der Waals surface area contributed by atoms with E-state index in [1.54, 1.807) is 24.3 Å². The Morgan fingerprint density at radius 1 is 1.14 bits per heavy atom. The Labute approximate surface area is 186 Å². The van der Waals surface area contributed by atoms with Crippen molar-refractivity contribution in [3.63, 3.8) is 0 Å². The van der Waals surface area contributed by atoms with Gasteiger partial charge in [0.05, 0.1) is 17.9 Å². The first-order valence-corrected chi connectivity index (χ1v) is 11.9. The van der Waals surface area contributed by atoms with Crippen molar-refractivity contribution in [3.8, 4) is 0 Å². The van der Waals surface area contributed by atoms with Crippen LogP contribution in [0.4, 0.5) is 5.69 Å². The smallest absolute Gasteiger partial charge is 0.234 e. The molecule has 1 aromatic heterocycles. The Kier molecular flexibility index (Phi) is 9.46. The largest absolute Gasteiger partial charge is 0.342 e. The molecule has 2 aromatic rings. The van der Waals surface area contributed by atoms with E-state index < -0.39 is 0 Å². The van der Waals surface area contributed by atoms with Crippen molar-refractivity contribution < 1.29 is 9.59 Å². The number of amides is 2. The summed E-state index contributed by atoms with van der Waals surface area (Å²) in [6.45, 7) is 9.99. The van der Waals surface area contributed by atoms with Crippen LogP contribution in [0.2, 0.25) is 5.02 Å². The minimum absolute atomic E-state index is 0.106. The summed E-state index contributed by atoms with van der Waals surface area (Å²) in [5.74, 6) is 1.12. The number of aromatic nitrogens is 1. The van der Waals surface area contributed by atoms with E-state index in [1.807, 2.05) is 10.3 Å². The number of thioether (sulfide) groups is 1. The van der Waals surface area contributed by atoms with Gasteiger partial charge in [-0.2, -0.15) is 0 Å². The molecule has 2 amide bonds. The standard InChI is InChI=1S/C21H28ClN3O2S2/c1-14(2)10-25(11-15(3)4)20(27)9-18-12-28-21(24-18)29-13-19(26)23-17-7-5-16(22)6-8-17/h5-8,12,14-15H,9-11,13H2,1-4H3,(H,23,26). The van der Waals surface area contributed by atoms with Gasteiger partial charge in [0.15, 0.2) is 4.34 Å². The SMILES string of the molecule is CC(C)CN(CC(C)C)C(=O)Cc1csc(SCC(=O)Nc2ccc(Cl)cc2)n1. The maximum Gasteiger partial charge on any atom is 0.234 e. The highest BCUT2D eigenvalue weighted by Crippen LogP contribution is 2.24. The van der Waals surface area contributed by atoms with Crippen LogP contribution in [0, 0.1) is 11.8 Å². The number of thiazole rings is 1. The Morgan fingerprint density at radius 2 is 1.76 bits per heavy atom. The Bertz CT molecular complexity index is 797. The van der Waals surface area contributed by atoms with Gasteiger partial charge in [-0.15, -0.1) is 11.3 Å². The lowest BCUT2D eigenvalue weighted by molar-refractivity contribution is -0.131. The molecular formula is C21H28ClN3O2S2. The third kappa shape index (κ3) is 8.76. The first-order chi connectivity index (χ1) is 13.7. The zero-order valence-corrected chi connectivity index (χ0v) is 19.7. The van der Waals surface area contributed by atoms with Crippen molar-refractivity contribution in [2.75, 3.05) is 24.2 Å². The van der Waals surface area contributed by atoms with Crippen LogP contribution >= 0.6 is 34.7 Å². The van der Waals surface area contributed by atoms with Gasteiger partial charge in [-0.1, -0.05) is 51.1 Å². The van der Waals surface area contributed by atoms with Gasteiger partial charge < -0.3 is 10.2 Å². The third-order valence-corrected chi connectivity index (χ3v) is 6.16. The maximum absolute atomic E-state index is 12.7. The highest BCUT2D eigenvalue weighted by molar-refractivity contribution is 8.01. The van der Waals surface area contributed by atoms with Crippen molar-refractivity contribution in [3.05, 3.63) is 40.4 Å². The quantitative estimate of drug-likeness (QED) is 0.501. The molecule has 0 spiro atoms. The van der Waals surface area contributed by atoms with Gasteiger partial charge in [0, 0.05) is 29.2 Å². The van der Waals surface area contributed by atoms with Crippen molar-refractivity contribution in [1.82, 2.24) is 9.88 Å². The number of nitrogens with zero attached hydrogens (tertiary/aromatic N) is 2. The van der Waals surface area contributed by atoms with Crippen LogP contribution in [0.15, 0.2) is 34.0 Å². The van der Waals surface area contributed by atoms with Crippen molar-refractivity contribution >= 4 is 52.2 Å². The number of halogens is 1. The number of carbonyl (C=O) groups is 2. The number of rotatable bonds is 10. The van der Waals surface area contributed by atoms with Crippen LogP contribution in [-0.2, 0) is 16.0 Å². The number of anilines is 1. The first-order valence-electron chi connectivity index (χ1n) is 9.63. The molecule has 0 aliphatic carbocycles. The average Bonchev–Trinajstić information content (AvgIpc) is 3.08. The van der Waals surface area contributed by atoms with Gasteiger partial charge in [0.25, 0.3) is 0 Å². The average molecular weight is 454 g/mol. The van der Waals surface area contributed by atoms with Gasteiger partial charge in [-0.05, 0) is 36.1 Å². The van der Waals surface area contributed by atoms with E-state index in [0.29, 0.717) is 29.0 Å². The molecule has 5 nitrogen and oxygen atoms in total. The Morgan fingerprint density at radius 3 is 2.34 bits per heavy atom. The first kappa shape index (κ1) is 23.7. The van der Waals surface area contributed by atoms with Crippen LogP contribution in [0.5, 0.6) is 0 Å². The van der Waals surface area contributed by atoms with Crippen molar-refractivity contribution in [1.29, 1.82) is 0 Å². The Hall–Kier alpha value is -1.57. The molecule has 1 heterocycles. The topological polar surface area (TPSA) is 62.3 Å². The molecular weight excluding hydrogens is 426 g/mol. The fourth-order valence-corrected chi connectivity index (χ4v) is 4.49. The second kappa shape index (κ2) is 11.6. The summed E-state index contributed by atoms with van der Waals surface area (Å²) in [4.78, 5) is 31.2. The van der Waals surface area contributed by atoms with E-state index in [9.17, 15) is 9.59 Å². The molecule has 2 rings (SSSR count).